The quantitative estimate of drug-likeness (QED) is 0.821. The number of rotatable bonds is 6. The first kappa shape index (κ1) is 13.9. The molecule has 0 heterocycles. The molecule has 0 aliphatic carbocycles. The maximum atomic E-state index is 11.8. The van der Waals surface area contributed by atoms with Crippen molar-refractivity contribution in [3.05, 3.63) is 60.2 Å². The van der Waals surface area contributed by atoms with E-state index in [9.17, 15) is 4.79 Å². The summed E-state index contributed by atoms with van der Waals surface area (Å²) in [7, 11) is 1.62. The number of carbonyl (C=O) groups is 1. The van der Waals surface area contributed by atoms with Crippen LogP contribution >= 0.6 is 0 Å². The molecule has 0 aliphatic heterocycles. The lowest BCUT2D eigenvalue weighted by Crippen LogP contribution is -2.27. The predicted molar refractivity (Wildman–Crippen MR) is 77.3 cm³/mol. The van der Waals surface area contributed by atoms with Crippen LogP contribution in [0.3, 0.4) is 0 Å². The van der Waals surface area contributed by atoms with Crippen LogP contribution in [-0.2, 0) is 0 Å². The minimum Gasteiger partial charge on any atom is -0.497 e. The Bertz CT molecular complexity index is 537. The zero-order valence-electron chi connectivity index (χ0n) is 11.3. The third-order valence-electron chi connectivity index (χ3n) is 2.75. The molecule has 0 unspecified atom stereocenters. The minimum atomic E-state index is -0.0936. The molecule has 0 aliphatic rings. The van der Waals surface area contributed by atoms with Crippen LogP contribution in [0.4, 0.5) is 0 Å². The second-order valence-electron chi connectivity index (χ2n) is 4.15. The highest BCUT2D eigenvalue weighted by Crippen LogP contribution is 2.16. The second kappa shape index (κ2) is 7.19. The summed E-state index contributed by atoms with van der Waals surface area (Å²) in [6.45, 7) is 0.880. The molecular formula is C16H17NO3. The Hall–Kier alpha value is -2.49. The number of hydrogen-bond acceptors (Lipinski definition) is 3. The third-order valence-corrected chi connectivity index (χ3v) is 2.75. The van der Waals surface area contributed by atoms with Crippen molar-refractivity contribution in [1.82, 2.24) is 5.32 Å². The van der Waals surface area contributed by atoms with E-state index in [1.807, 2.05) is 42.5 Å². The van der Waals surface area contributed by atoms with Gasteiger partial charge in [0.05, 0.1) is 13.7 Å². The molecule has 0 radical (unpaired) electrons. The smallest absolute Gasteiger partial charge is 0.251 e. The van der Waals surface area contributed by atoms with Crippen molar-refractivity contribution in [1.29, 1.82) is 0 Å². The van der Waals surface area contributed by atoms with Crippen LogP contribution in [0, 0.1) is 0 Å². The number of methoxy groups -OCH3 is 1. The van der Waals surface area contributed by atoms with E-state index in [0.717, 1.165) is 11.5 Å². The van der Waals surface area contributed by atoms with Gasteiger partial charge in [0.2, 0.25) is 0 Å². The fourth-order valence-electron chi connectivity index (χ4n) is 1.70. The van der Waals surface area contributed by atoms with Crippen LogP contribution in [0.1, 0.15) is 10.4 Å². The van der Waals surface area contributed by atoms with Crippen LogP contribution < -0.4 is 14.8 Å². The first-order valence-corrected chi connectivity index (χ1v) is 6.39. The van der Waals surface area contributed by atoms with E-state index in [2.05, 4.69) is 5.32 Å². The predicted octanol–water partition coefficient (Wildman–Crippen LogP) is 2.50. The highest BCUT2D eigenvalue weighted by Gasteiger charge is 2.03. The summed E-state index contributed by atoms with van der Waals surface area (Å²) in [5.41, 5.74) is 0.650. The monoisotopic (exact) mass is 271 g/mol. The van der Waals surface area contributed by atoms with E-state index >= 15 is 0 Å². The standard InChI is InChI=1S/C16H17NO3/c1-19-14-7-9-15(10-8-14)20-12-11-17-16(18)13-5-3-2-4-6-13/h2-10H,11-12H2,1H3,(H,17,18). The molecule has 4 heteroatoms. The van der Waals surface area contributed by atoms with Gasteiger partial charge in [0.25, 0.3) is 5.91 Å². The number of amides is 1. The van der Waals surface area contributed by atoms with Crippen LogP contribution in [0.2, 0.25) is 0 Å². The topological polar surface area (TPSA) is 47.6 Å². The lowest BCUT2D eigenvalue weighted by Gasteiger charge is -2.08. The molecule has 1 amide bonds. The summed E-state index contributed by atoms with van der Waals surface area (Å²) >= 11 is 0. The minimum absolute atomic E-state index is 0.0936. The van der Waals surface area contributed by atoms with Gasteiger partial charge in [0.15, 0.2) is 0 Å². The highest BCUT2D eigenvalue weighted by atomic mass is 16.5. The lowest BCUT2D eigenvalue weighted by molar-refractivity contribution is 0.0947. The van der Waals surface area contributed by atoms with Crippen molar-refractivity contribution in [3.63, 3.8) is 0 Å². The molecule has 0 saturated heterocycles. The second-order valence-corrected chi connectivity index (χ2v) is 4.15. The van der Waals surface area contributed by atoms with E-state index in [1.165, 1.54) is 0 Å². The van der Waals surface area contributed by atoms with Gasteiger partial charge in [0, 0.05) is 5.56 Å². The Balaban J connectivity index is 1.72. The summed E-state index contributed by atoms with van der Waals surface area (Å²) in [4.78, 5) is 11.8. The Morgan fingerprint density at radius 1 is 1.00 bits per heavy atom. The van der Waals surface area contributed by atoms with E-state index in [4.69, 9.17) is 9.47 Å². The molecule has 0 fully saturated rings. The number of ether oxygens (including phenoxy) is 2. The van der Waals surface area contributed by atoms with Crippen molar-refractivity contribution in [2.24, 2.45) is 0 Å². The largest absolute Gasteiger partial charge is 0.497 e. The van der Waals surface area contributed by atoms with Gasteiger partial charge in [-0.2, -0.15) is 0 Å². The summed E-state index contributed by atoms with van der Waals surface area (Å²) in [5.74, 6) is 1.44. The van der Waals surface area contributed by atoms with E-state index < -0.39 is 0 Å². The van der Waals surface area contributed by atoms with Gasteiger partial charge >= 0.3 is 0 Å². The normalized spacial score (nSPS) is 9.85. The Morgan fingerprint density at radius 3 is 2.30 bits per heavy atom. The summed E-state index contributed by atoms with van der Waals surface area (Å²) in [6, 6.07) is 16.4. The molecule has 20 heavy (non-hydrogen) atoms. The van der Waals surface area contributed by atoms with Crippen LogP contribution in [0.25, 0.3) is 0 Å². The van der Waals surface area contributed by atoms with Crippen molar-refractivity contribution in [2.75, 3.05) is 20.3 Å². The SMILES string of the molecule is COc1ccc(OCCNC(=O)c2ccccc2)cc1. The van der Waals surface area contributed by atoms with Crippen molar-refractivity contribution in [2.45, 2.75) is 0 Å². The van der Waals surface area contributed by atoms with E-state index in [-0.39, 0.29) is 5.91 Å². The van der Waals surface area contributed by atoms with Gasteiger partial charge in [0.1, 0.15) is 18.1 Å². The molecule has 2 aromatic rings. The van der Waals surface area contributed by atoms with Gasteiger partial charge in [-0.15, -0.1) is 0 Å². The molecule has 2 rings (SSSR count). The highest BCUT2D eigenvalue weighted by molar-refractivity contribution is 5.94. The fraction of sp³-hybridized carbons (Fsp3) is 0.188. The molecule has 0 spiro atoms. The van der Waals surface area contributed by atoms with Gasteiger partial charge in [-0.3, -0.25) is 4.79 Å². The summed E-state index contributed by atoms with van der Waals surface area (Å²) in [5, 5.41) is 2.80. The maximum absolute atomic E-state index is 11.8. The average molecular weight is 271 g/mol. The molecule has 0 aromatic heterocycles. The number of benzene rings is 2. The third kappa shape index (κ3) is 4.02. The maximum Gasteiger partial charge on any atom is 0.251 e. The first-order valence-electron chi connectivity index (χ1n) is 6.39. The van der Waals surface area contributed by atoms with Crippen molar-refractivity contribution < 1.29 is 14.3 Å². The van der Waals surface area contributed by atoms with Crippen molar-refractivity contribution in [3.8, 4) is 11.5 Å². The van der Waals surface area contributed by atoms with Crippen LogP contribution in [-0.4, -0.2) is 26.2 Å². The molecule has 104 valence electrons. The molecule has 0 bridgehead atoms. The van der Waals surface area contributed by atoms with Gasteiger partial charge < -0.3 is 14.8 Å². The van der Waals surface area contributed by atoms with Crippen molar-refractivity contribution >= 4 is 5.91 Å². The number of carbonyl (C=O) groups excluding carboxylic acids is 1. The first-order chi connectivity index (χ1) is 9.79. The Morgan fingerprint density at radius 2 is 1.65 bits per heavy atom. The zero-order valence-corrected chi connectivity index (χ0v) is 11.3. The fourth-order valence-corrected chi connectivity index (χ4v) is 1.70. The van der Waals surface area contributed by atoms with Gasteiger partial charge in [-0.05, 0) is 36.4 Å². The Kier molecular flexibility index (Phi) is 5.00. The number of hydrogen-bond donors (Lipinski definition) is 1. The average Bonchev–Trinajstić information content (AvgIpc) is 2.53. The Labute approximate surface area is 118 Å². The van der Waals surface area contributed by atoms with E-state index in [1.54, 1.807) is 19.2 Å². The summed E-state index contributed by atoms with van der Waals surface area (Å²) in [6.07, 6.45) is 0. The van der Waals surface area contributed by atoms with Gasteiger partial charge in [-0.1, -0.05) is 18.2 Å². The lowest BCUT2D eigenvalue weighted by atomic mass is 10.2. The van der Waals surface area contributed by atoms with Gasteiger partial charge in [-0.25, -0.2) is 0 Å². The van der Waals surface area contributed by atoms with Crippen LogP contribution in [0.5, 0.6) is 11.5 Å². The van der Waals surface area contributed by atoms with E-state index in [0.29, 0.717) is 18.7 Å². The zero-order chi connectivity index (χ0) is 14.2. The molecule has 0 saturated carbocycles. The molecule has 4 nitrogen and oxygen atoms in total. The molecule has 1 N–H and O–H groups in total. The van der Waals surface area contributed by atoms with Crippen LogP contribution in [0.15, 0.2) is 54.6 Å². The molecule has 0 atom stereocenters. The molecular weight excluding hydrogens is 254 g/mol. The summed E-state index contributed by atoms with van der Waals surface area (Å²) < 4.78 is 10.6. The number of nitrogens with one attached hydrogen (secondary N) is 1. The molecule has 2 aromatic carbocycles.